The number of nitrogen functional groups attached to an aromatic ring is 1. The van der Waals surface area contributed by atoms with Crippen LogP contribution in [0.5, 0.6) is 0 Å². The minimum atomic E-state index is -0.260. The third kappa shape index (κ3) is 4.43. The molecule has 3 N–H and O–H groups in total. The van der Waals surface area contributed by atoms with Crippen LogP contribution < -0.4 is 11.1 Å². The molecule has 6 rings (SSSR count). The number of carbonyl (C=O) groups excluding carboxylic acids is 1. The second-order valence-corrected chi connectivity index (χ2v) is 10.1. The highest BCUT2D eigenvalue weighted by Crippen LogP contribution is 2.48. The predicted molar refractivity (Wildman–Crippen MR) is 142 cm³/mol. The molecule has 9 heteroatoms. The molecule has 194 valence electrons. The Morgan fingerprint density at radius 3 is 2.39 bits per heavy atom. The van der Waals surface area contributed by atoms with Crippen molar-refractivity contribution in [2.45, 2.75) is 49.5 Å². The van der Waals surface area contributed by atoms with Crippen molar-refractivity contribution in [3.8, 4) is 22.6 Å². The first-order valence-electron chi connectivity index (χ1n) is 13.0. The smallest absolute Gasteiger partial charge is 0.322 e. The highest BCUT2D eigenvalue weighted by molar-refractivity contribution is 5.76. The fourth-order valence-corrected chi connectivity index (χ4v) is 5.62. The molecule has 2 atom stereocenters. The Morgan fingerprint density at radius 2 is 1.74 bits per heavy atom. The number of nitrogens with zero attached hydrogens (tertiary/aromatic N) is 4. The summed E-state index contributed by atoms with van der Waals surface area (Å²) in [4.78, 5) is 25.0. The SMILES string of the molecule is COC(=O)[C@@H]1CC(c2ccc(-c3nc(C4(c5ccc(-c6cnc(N)nc6)cc5)CCC4)no3)cc2)CCN1. The van der Waals surface area contributed by atoms with Crippen LogP contribution in [0.4, 0.5) is 5.95 Å². The van der Waals surface area contributed by atoms with Gasteiger partial charge in [0.1, 0.15) is 6.04 Å². The monoisotopic (exact) mass is 510 g/mol. The molecular weight excluding hydrogens is 480 g/mol. The topological polar surface area (TPSA) is 129 Å². The van der Waals surface area contributed by atoms with Gasteiger partial charge in [-0.2, -0.15) is 4.98 Å². The van der Waals surface area contributed by atoms with Crippen LogP contribution in [0.2, 0.25) is 0 Å². The Labute approximate surface area is 220 Å². The van der Waals surface area contributed by atoms with Gasteiger partial charge in [-0.05, 0) is 67.0 Å². The average Bonchev–Trinajstić information content (AvgIpc) is 3.43. The highest BCUT2D eigenvalue weighted by atomic mass is 16.5. The van der Waals surface area contributed by atoms with Crippen molar-refractivity contribution < 1.29 is 14.1 Å². The Balaban J connectivity index is 1.20. The van der Waals surface area contributed by atoms with Crippen molar-refractivity contribution in [2.75, 3.05) is 19.4 Å². The summed E-state index contributed by atoms with van der Waals surface area (Å²) in [7, 11) is 1.43. The zero-order chi connectivity index (χ0) is 26.1. The van der Waals surface area contributed by atoms with E-state index in [1.54, 1.807) is 12.4 Å². The number of nitrogens with two attached hydrogens (primary N) is 1. The van der Waals surface area contributed by atoms with E-state index >= 15 is 0 Å². The molecule has 0 spiro atoms. The average molecular weight is 511 g/mol. The van der Waals surface area contributed by atoms with Gasteiger partial charge in [-0.3, -0.25) is 4.79 Å². The van der Waals surface area contributed by atoms with Crippen molar-refractivity contribution >= 4 is 11.9 Å². The fourth-order valence-electron chi connectivity index (χ4n) is 5.62. The molecule has 0 bridgehead atoms. The van der Waals surface area contributed by atoms with Crippen molar-refractivity contribution in [1.29, 1.82) is 0 Å². The molecule has 1 saturated heterocycles. The summed E-state index contributed by atoms with van der Waals surface area (Å²) in [5.41, 5.74) is 10.6. The second-order valence-electron chi connectivity index (χ2n) is 10.1. The first-order chi connectivity index (χ1) is 18.6. The van der Waals surface area contributed by atoms with E-state index in [1.807, 2.05) is 12.1 Å². The van der Waals surface area contributed by atoms with E-state index < -0.39 is 0 Å². The van der Waals surface area contributed by atoms with Crippen LogP contribution in [0, 0.1) is 0 Å². The molecule has 4 aromatic rings. The molecule has 2 aromatic heterocycles. The lowest BCUT2D eigenvalue weighted by Gasteiger charge is -2.39. The number of nitrogens with one attached hydrogen (secondary N) is 1. The van der Waals surface area contributed by atoms with E-state index in [-0.39, 0.29) is 23.4 Å². The predicted octanol–water partition coefficient (Wildman–Crippen LogP) is 4.25. The van der Waals surface area contributed by atoms with Gasteiger partial charge in [-0.25, -0.2) is 9.97 Å². The van der Waals surface area contributed by atoms with Crippen molar-refractivity contribution in [2.24, 2.45) is 0 Å². The molecule has 2 aliphatic rings. The lowest BCUT2D eigenvalue weighted by atomic mass is 9.64. The third-order valence-electron chi connectivity index (χ3n) is 8.02. The molecule has 9 nitrogen and oxygen atoms in total. The standard InChI is InChI=1S/C29H30N6O3/c1-37-26(36)24-15-21(11-14-31-24)18-3-5-20(6-4-18)25-34-27(35-38-25)29(12-2-13-29)23-9-7-19(8-10-23)22-16-32-28(30)33-17-22/h3-10,16-17,21,24,31H,2,11-15H2,1H3,(H2,30,32,33)/t21?,24-/m0/s1. The quantitative estimate of drug-likeness (QED) is 0.366. The Hall–Kier alpha value is -4.11. The summed E-state index contributed by atoms with van der Waals surface area (Å²) in [5, 5.41) is 7.67. The molecule has 1 aliphatic heterocycles. The summed E-state index contributed by atoms with van der Waals surface area (Å²) in [5.74, 6) is 1.61. The Morgan fingerprint density at radius 1 is 1.03 bits per heavy atom. The summed E-state index contributed by atoms with van der Waals surface area (Å²) < 4.78 is 10.7. The molecule has 2 aromatic carbocycles. The lowest BCUT2D eigenvalue weighted by molar-refractivity contribution is -0.143. The molecule has 0 radical (unpaired) electrons. The number of anilines is 1. The van der Waals surface area contributed by atoms with Crippen molar-refractivity contribution in [1.82, 2.24) is 25.4 Å². The van der Waals surface area contributed by atoms with Gasteiger partial charge < -0.3 is 20.3 Å². The van der Waals surface area contributed by atoms with Gasteiger partial charge >= 0.3 is 5.97 Å². The molecule has 1 unspecified atom stereocenters. The zero-order valence-electron chi connectivity index (χ0n) is 21.3. The van der Waals surface area contributed by atoms with E-state index in [0.717, 1.165) is 61.2 Å². The number of carbonyl (C=O) groups is 1. The maximum Gasteiger partial charge on any atom is 0.322 e. The van der Waals surface area contributed by atoms with Gasteiger partial charge in [0, 0.05) is 23.5 Å². The normalized spacial score (nSPS) is 20.4. The van der Waals surface area contributed by atoms with E-state index in [2.05, 4.69) is 56.8 Å². The van der Waals surface area contributed by atoms with Crippen LogP contribution in [0.15, 0.2) is 65.4 Å². The third-order valence-corrected chi connectivity index (χ3v) is 8.02. The number of aromatic nitrogens is 4. The van der Waals surface area contributed by atoms with Crippen LogP contribution in [0.25, 0.3) is 22.6 Å². The van der Waals surface area contributed by atoms with Gasteiger partial charge in [0.05, 0.1) is 12.5 Å². The number of hydrogen-bond donors (Lipinski definition) is 2. The van der Waals surface area contributed by atoms with E-state index in [9.17, 15) is 4.79 Å². The van der Waals surface area contributed by atoms with Crippen LogP contribution in [-0.4, -0.2) is 45.8 Å². The van der Waals surface area contributed by atoms with Crippen LogP contribution in [0.3, 0.4) is 0 Å². The molecule has 38 heavy (non-hydrogen) atoms. The Bertz CT molecular complexity index is 1410. The van der Waals surface area contributed by atoms with Gasteiger partial charge in [-0.1, -0.05) is 48.0 Å². The number of benzene rings is 2. The minimum Gasteiger partial charge on any atom is -0.468 e. The van der Waals surface area contributed by atoms with E-state index in [0.29, 0.717) is 11.8 Å². The molecule has 0 amide bonds. The van der Waals surface area contributed by atoms with E-state index in [1.165, 1.54) is 18.2 Å². The molecule has 1 aliphatic carbocycles. The first-order valence-corrected chi connectivity index (χ1v) is 13.0. The summed E-state index contributed by atoms with van der Waals surface area (Å²) in [6, 6.07) is 16.4. The lowest BCUT2D eigenvalue weighted by Crippen LogP contribution is -2.43. The van der Waals surface area contributed by atoms with E-state index in [4.69, 9.17) is 20.0 Å². The van der Waals surface area contributed by atoms with Crippen molar-refractivity contribution in [3.05, 3.63) is 77.9 Å². The molecule has 2 fully saturated rings. The van der Waals surface area contributed by atoms with Gasteiger partial charge in [0.2, 0.25) is 5.95 Å². The largest absolute Gasteiger partial charge is 0.468 e. The first kappa shape index (κ1) is 24.2. The number of ether oxygens (including phenoxy) is 1. The number of esters is 1. The fraction of sp³-hybridized carbons (Fsp3) is 0.345. The zero-order valence-corrected chi connectivity index (χ0v) is 21.3. The minimum absolute atomic E-state index is 0.205. The maximum atomic E-state index is 12.0. The van der Waals surface area contributed by atoms with Gasteiger partial charge in [0.25, 0.3) is 5.89 Å². The highest BCUT2D eigenvalue weighted by Gasteiger charge is 2.44. The van der Waals surface area contributed by atoms with Crippen molar-refractivity contribution in [3.63, 3.8) is 0 Å². The number of methoxy groups -OCH3 is 1. The van der Waals surface area contributed by atoms with Crippen LogP contribution in [0.1, 0.15) is 55.0 Å². The number of piperidine rings is 1. The number of rotatable bonds is 6. The van der Waals surface area contributed by atoms with Crippen LogP contribution >= 0.6 is 0 Å². The van der Waals surface area contributed by atoms with Gasteiger partial charge in [-0.15, -0.1) is 0 Å². The molecule has 3 heterocycles. The second kappa shape index (κ2) is 9.98. The Kier molecular flexibility index (Phi) is 6.37. The van der Waals surface area contributed by atoms with Crippen LogP contribution in [-0.2, 0) is 14.9 Å². The summed E-state index contributed by atoms with van der Waals surface area (Å²) in [6.07, 6.45) is 8.24. The molecule has 1 saturated carbocycles. The maximum absolute atomic E-state index is 12.0. The molecular formula is C29H30N6O3. The number of hydrogen-bond acceptors (Lipinski definition) is 9. The summed E-state index contributed by atoms with van der Waals surface area (Å²) in [6.45, 7) is 0.788. The van der Waals surface area contributed by atoms with Gasteiger partial charge in [0.15, 0.2) is 5.82 Å². The summed E-state index contributed by atoms with van der Waals surface area (Å²) >= 11 is 0.